The Labute approximate surface area is 141 Å². The topological polar surface area (TPSA) is 69.5 Å². The van der Waals surface area contributed by atoms with Crippen LogP contribution >= 0.6 is 0 Å². The number of fused-ring (bicyclic) bond motifs is 1. The molecular formula is C17H24N4O3. The van der Waals surface area contributed by atoms with Crippen molar-refractivity contribution in [3.8, 4) is 0 Å². The summed E-state index contributed by atoms with van der Waals surface area (Å²) in [6.45, 7) is 6.47. The lowest BCUT2D eigenvalue weighted by Crippen LogP contribution is -2.28. The molecule has 1 unspecified atom stereocenters. The molecule has 1 aliphatic rings. The summed E-state index contributed by atoms with van der Waals surface area (Å²) in [5, 5.41) is 5.37. The van der Waals surface area contributed by atoms with Gasteiger partial charge in [0.25, 0.3) is 0 Å². The van der Waals surface area contributed by atoms with Gasteiger partial charge in [-0.3, -0.25) is 4.68 Å². The Morgan fingerprint density at radius 2 is 2.33 bits per heavy atom. The Hall–Kier alpha value is -2.15. The second kappa shape index (κ2) is 6.76. The molecule has 24 heavy (non-hydrogen) atoms. The standard InChI is InChI=1S/C17H24N4O3/c1-5-24-17(22)13-8-18-16-14(11(2)19-21(16)4)15(13)20(3)9-12-6-7-23-10-12/h8,12H,5-7,9-10H2,1-4H3. The predicted octanol–water partition coefficient (Wildman–Crippen LogP) is 1.93. The summed E-state index contributed by atoms with van der Waals surface area (Å²) >= 11 is 0. The van der Waals surface area contributed by atoms with Crippen molar-refractivity contribution in [2.75, 3.05) is 38.3 Å². The number of anilines is 1. The third kappa shape index (κ3) is 2.96. The molecule has 2 aromatic heterocycles. The smallest absolute Gasteiger partial charge is 0.341 e. The first kappa shape index (κ1) is 16.7. The first-order valence-corrected chi connectivity index (χ1v) is 8.31. The number of esters is 1. The van der Waals surface area contributed by atoms with Crippen LogP contribution in [-0.4, -0.2) is 54.1 Å². The van der Waals surface area contributed by atoms with Gasteiger partial charge in [0.15, 0.2) is 5.65 Å². The molecule has 7 nitrogen and oxygen atoms in total. The van der Waals surface area contributed by atoms with Crippen molar-refractivity contribution in [3.05, 3.63) is 17.5 Å². The Kier molecular flexibility index (Phi) is 4.71. The van der Waals surface area contributed by atoms with Gasteiger partial charge in [0.1, 0.15) is 5.56 Å². The Balaban J connectivity index is 2.09. The molecule has 7 heteroatoms. The third-order valence-corrected chi connectivity index (χ3v) is 4.43. The van der Waals surface area contributed by atoms with Crippen LogP contribution in [0, 0.1) is 12.8 Å². The van der Waals surface area contributed by atoms with E-state index in [0.717, 1.165) is 48.6 Å². The SMILES string of the molecule is CCOC(=O)c1cnc2c(c(C)nn2C)c1N(C)CC1CCOC1. The number of pyridine rings is 1. The van der Waals surface area contributed by atoms with Crippen LogP contribution in [0.3, 0.4) is 0 Å². The van der Waals surface area contributed by atoms with E-state index >= 15 is 0 Å². The molecule has 3 rings (SSSR count). The highest BCUT2D eigenvalue weighted by Gasteiger charge is 2.25. The lowest BCUT2D eigenvalue weighted by atomic mass is 10.1. The van der Waals surface area contributed by atoms with Crippen LogP contribution in [0.1, 0.15) is 29.4 Å². The van der Waals surface area contributed by atoms with Crippen LogP contribution in [0.25, 0.3) is 11.0 Å². The number of hydrogen-bond acceptors (Lipinski definition) is 6. The van der Waals surface area contributed by atoms with Crippen LogP contribution in [0.15, 0.2) is 6.20 Å². The van der Waals surface area contributed by atoms with Crippen molar-refractivity contribution in [1.29, 1.82) is 0 Å². The molecule has 130 valence electrons. The second-order valence-corrected chi connectivity index (χ2v) is 6.26. The highest BCUT2D eigenvalue weighted by molar-refractivity contribution is 6.05. The predicted molar refractivity (Wildman–Crippen MR) is 91.4 cm³/mol. The molecule has 0 aliphatic carbocycles. The number of ether oxygens (including phenoxy) is 2. The molecule has 1 atom stereocenters. The van der Waals surface area contributed by atoms with Crippen molar-refractivity contribution >= 4 is 22.7 Å². The van der Waals surface area contributed by atoms with E-state index < -0.39 is 0 Å². The van der Waals surface area contributed by atoms with E-state index in [1.807, 2.05) is 21.0 Å². The van der Waals surface area contributed by atoms with Crippen LogP contribution in [0.4, 0.5) is 5.69 Å². The number of nitrogens with zero attached hydrogens (tertiary/aromatic N) is 4. The van der Waals surface area contributed by atoms with Gasteiger partial charge < -0.3 is 14.4 Å². The fourth-order valence-electron chi connectivity index (χ4n) is 3.35. The van der Waals surface area contributed by atoms with E-state index in [1.165, 1.54) is 0 Å². The Morgan fingerprint density at radius 3 is 3.00 bits per heavy atom. The first-order chi connectivity index (χ1) is 11.5. The normalized spacial score (nSPS) is 17.4. The molecule has 1 aliphatic heterocycles. The minimum Gasteiger partial charge on any atom is -0.462 e. The van der Waals surface area contributed by atoms with E-state index in [4.69, 9.17) is 9.47 Å². The van der Waals surface area contributed by atoms with E-state index in [1.54, 1.807) is 17.8 Å². The quantitative estimate of drug-likeness (QED) is 0.779. The second-order valence-electron chi connectivity index (χ2n) is 6.26. The van der Waals surface area contributed by atoms with Crippen LogP contribution in [0.5, 0.6) is 0 Å². The van der Waals surface area contributed by atoms with Gasteiger partial charge in [-0.15, -0.1) is 0 Å². The van der Waals surface area contributed by atoms with Crippen molar-refractivity contribution in [1.82, 2.24) is 14.8 Å². The van der Waals surface area contributed by atoms with Crippen molar-refractivity contribution in [3.63, 3.8) is 0 Å². The maximum absolute atomic E-state index is 12.4. The molecule has 0 aromatic carbocycles. The molecule has 1 fully saturated rings. The minimum atomic E-state index is -0.348. The fraction of sp³-hybridized carbons (Fsp3) is 0.588. The van der Waals surface area contributed by atoms with E-state index in [-0.39, 0.29) is 5.97 Å². The molecule has 2 aromatic rings. The minimum absolute atomic E-state index is 0.336. The van der Waals surface area contributed by atoms with Gasteiger partial charge in [0.2, 0.25) is 0 Å². The average Bonchev–Trinajstić information content (AvgIpc) is 3.15. The average molecular weight is 332 g/mol. The summed E-state index contributed by atoms with van der Waals surface area (Å²) in [5.41, 5.74) is 2.96. The Morgan fingerprint density at radius 1 is 1.54 bits per heavy atom. The van der Waals surface area contributed by atoms with Gasteiger partial charge >= 0.3 is 5.97 Å². The lowest BCUT2D eigenvalue weighted by molar-refractivity contribution is 0.0527. The molecule has 0 spiro atoms. The third-order valence-electron chi connectivity index (χ3n) is 4.43. The van der Waals surface area contributed by atoms with Gasteiger partial charge in [-0.25, -0.2) is 9.78 Å². The highest BCUT2D eigenvalue weighted by atomic mass is 16.5. The van der Waals surface area contributed by atoms with Crippen molar-refractivity contribution < 1.29 is 14.3 Å². The highest BCUT2D eigenvalue weighted by Crippen LogP contribution is 2.32. The summed E-state index contributed by atoms with van der Waals surface area (Å²) in [7, 11) is 3.86. The zero-order valence-corrected chi connectivity index (χ0v) is 14.7. The number of carbonyl (C=O) groups excluding carboxylic acids is 1. The molecule has 0 bridgehead atoms. The van der Waals surface area contributed by atoms with Gasteiger partial charge in [-0.05, 0) is 20.3 Å². The summed E-state index contributed by atoms with van der Waals surface area (Å²) < 4.78 is 12.5. The number of aryl methyl sites for hydroxylation is 2. The zero-order chi connectivity index (χ0) is 17.3. The van der Waals surface area contributed by atoms with Crippen LogP contribution in [-0.2, 0) is 16.5 Å². The molecule has 1 saturated heterocycles. The van der Waals surface area contributed by atoms with Gasteiger partial charge in [-0.1, -0.05) is 0 Å². The van der Waals surface area contributed by atoms with E-state index in [2.05, 4.69) is 15.0 Å². The summed E-state index contributed by atoms with van der Waals surface area (Å²) in [6, 6.07) is 0. The molecule has 0 radical (unpaired) electrons. The fourth-order valence-corrected chi connectivity index (χ4v) is 3.35. The molecule has 0 saturated carbocycles. The maximum atomic E-state index is 12.4. The molecular weight excluding hydrogens is 308 g/mol. The number of aromatic nitrogens is 3. The van der Waals surface area contributed by atoms with Gasteiger partial charge in [0, 0.05) is 39.4 Å². The Bertz CT molecular complexity index is 750. The van der Waals surface area contributed by atoms with Crippen molar-refractivity contribution in [2.24, 2.45) is 13.0 Å². The maximum Gasteiger partial charge on any atom is 0.341 e. The number of carbonyl (C=O) groups is 1. The zero-order valence-electron chi connectivity index (χ0n) is 14.7. The van der Waals surface area contributed by atoms with Gasteiger partial charge in [-0.2, -0.15) is 5.10 Å². The molecule has 3 heterocycles. The summed E-state index contributed by atoms with van der Waals surface area (Å²) in [5.74, 6) is 0.116. The number of rotatable bonds is 5. The summed E-state index contributed by atoms with van der Waals surface area (Å²) in [6.07, 6.45) is 2.64. The number of hydrogen-bond donors (Lipinski definition) is 0. The van der Waals surface area contributed by atoms with Gasteiger partial charge in [0.05, 0.1) is 30.0 Å². The summed E-state index contributed by atoms with van der Waals surface area (Å²) in [4.78, 5) is 19.0. The molecule has 0 amide bonds. The van der Waals surface area contributed by atoms with E-state index in [9.17, 15) is 4.79 Å². The monoisotopic (exact) mass is 332 g/mol. The lowest BCUT2D eigenvalue weighted by Gasteiger charge is -2.25. The largest absolute Gasteiger partial charge is 0.462 e. The first-order valence-electron chi connectivity index (χ1n) is 8.31. The van der Waals surface area contributed by atoms with Crippen LogP contribution < -0.4 is 4.90 Å². The molecule has 0 N–H and O–H groups in total. The van der Waals surface area contributed by atoms with Crippen molar-refractivity contribution in [2.45, 2.75) is 20.3 Å². The van der Waals surface area contributed by atoms with E-state index in [0.29, 0.717) is 18.1 Å². The van der Waals surface area contributed by atoms with Crippen LogP contribution in [0.2, 0.25) is 0 Å².